The molecule has 2 aromatic carbocycles. The Kier molecular flexibility index (Phi) is 6.38. The van der Waals surface area contributed by atoms with Gasteiger partial charge in [0.2, 0.25) is 0 Å². The van der Waals surface area contributed by atoms with Crippen LogP contribution in [0.1, 0.15) is 69.2 Å². The van der Waals surface area contributed by atoms with E-state index in [9.17, 15) is 0 Å². The van der Waals surface area contributed by atoms with Crippen molar-refractivity contribution < 1.29 is 0 Å². The lowest BCUT2D eigenvalue weighted by Gasteiger charge is -2.18. The summed E-state index contributed by atoms with van der Waals surface area (Å²) in [5, 5.41) is 7.26. The Hall–Kier alpha value is -1.87. The Morgan fingerprint density at radius 1 is 0.708 bits per heavy atom. The highest BCUT2D eigenvalue weighted by molar-refractivity contribution is 7.80. The van der Waals surface area contributed by atoms with Crippen LogP contribution >= 0.6 is 12.2 Å². The minimum absolute atomic E-state index is 0.168. The first-order valence-corrected chi connectivity index (χ1v) is 9.05. The summed E-state index contributed by atoms with van der Waals surface area (Å²) in [4.78, 5) is 0. The summed E-state index contributed by atoms with van der Waals surface area (Å²) in [6, 6.07) is 17.3. The van der Waals surface area contributed by atoms with Crippen molar-refractivity contribution >= 4 is 23.0 Å². The van der Waals surface area contributed by atoms with E-state index in [4.69, 9.17) is 12.2 Å². The van der Waals surface area contributed by atoms with Crippen molar-refractivity contribution in [1.29, 1.82) is 0 Å². The van der Waals surface area contributed by atoms with Gasteiger partial charge in [-0.05, 0) is 59.8 Å². The SMILES string of the molecule is CC(C)c1ccc(NC(=S)N[C@@H](C)c2ccc(C(C)C)cc2)cc1. The lowest BCUT2D eigenvalue weighted by atomic mass is 10.00. The van der Waals surface area contributed by atoms with Gasteiger partial charge in [0.15, 0.2) is 5.11 Å². The van der Waals surface area contributed by atoms with E-state index in [1.807, 2.05) is 0 Å². The van der Waals surface area contributed by atoms with Gasteiger partial charge in [0.05, 0.1) is 6.04 Å². The van der Waals surface area contributed by atoms with Crippen molar-refractivity contribution in [3.05, 3.63) is 65.2 Å². The molecule has 128 valence electrons. The number of hydrogen-bond donors (Lipinski definition) is 2. The summed E-state index contributed by atoms with van der Waals surface area (Å²) in [6.45, 7) is 10.9. The summed E-state index contributed by atoms with van der Waals surface area (Å²) < 4.78 is 0. The predicted octanol–water partition coefficient (Wildman–Crippen LogP) is 5.98. The molecule has 2 nitrogen and oxygen atoms in total. The minimum atomic E-state index is 0.168. The quantitative estimate of drug-likeness (QED) is 0.655. The first-order valence-electron chi connectivity index (χ1n) is 8.64. The fourth-order valence-corrected chi connectivity index (χ4v) is 2.86. The largest absolute Gasteiger partial charge is 0.356 e. The van der Waals surface area contributed by atoms with Crippen molar-refractivity contribution in [2.45, 2.75) is 52.5 Å². The molecule has 3 heteroatoms. The number of anilines is 1. The molecule has 0 unspecified atom stereocenters. The van der Waals surface area contributed by atoms with Gasteiger partial charge >= 0.3 is 0 Å². The monoisotopic (exact) mass is 340 g/mol. The second-order valence-electron chi connectivity index (χ2n) is 6.92. The second kappa shape index (κ2) is 8.29. The van der Waals surface area contributed by atoms with Gasteiger partial charge in [0.1, 0.15) is 0 Å². The number of nitrogens with one attached hydrogen (secondary N) is 2. The van der Waals surface area contributed by atoms with Crippen LogP contribution in [-0.2, 0) is 0 Å². The van der Waals surface area contributed by atoms with E-state index in [0.29, 0.717) is 16.9 Å². The lowest BCUT2D eigenvalue weighted by Crippen LogP contribution is -2.30. The standard InChI is InChI=1S/C21H28N2S/c1-14(2)17-6-8-19(9-7-17)16(5)22-21(24)23-20-12-10-18(11-13-20)15(3)4/h6-16H,1-5H3,(H2,22,23,24)/t16-/m0/s1. The molecule has 0 aliphatic heterocycles. The Labute approximate surface area is 151 Å². The number of thiocarbonyl (C=S) groups is 1. The molecule has 0 radical (unpaired) electrons. The molecular formula is C21H28N2S. The Morgan fingerprint density at radius 3 is 1.58 bits per heavy atom. The normalized spacial score (nSPS) is 12.3. The number of benzene rings is 2. The van der Waals surface area contributed by atoms with Crippen LogP contribution in [-0.4, -0.2) is 5.11 Å². The van der Waals surface area contributed by atoms with Crippen LogP contribution < -0.4 is 10.6 Å². The summed E-state index contributed by atoms with van der Waals surface area (Å²) in [5.74, 6) is 1.09. The molecule has 2 rings (SSSR count). The second-order valence-corrected chi connectivity index (χ2v) is 7.33. The third-order valence-electron chi connectivity index (χ3n) is 4.29. The van der Waals surface area contributed by atoms with Crippen LogP contribution in [0.2, 0.25) is 0 Å². The molecule has 0 aliphatic rings. The van der Waals surface area contributed by atoms with Crippen molar-refractivity contribution in [1.82, 2.24) is 5.32 Å². The highest BCUT2D eigenvalue weighted by Gasteiger charge is 2.08. The zero-order valence-electron chi connectivity index (χ0n) is 15.3. The molecule has 2 aromatic rings. The predicted molar refractivity (Wildman–Crippen MR) is 109 cm³/mol. The number of hydrogen-bond acceptors (Lipinski definition) is 1. The van der Waals surface area contributed by atoms with Gasteiger partial charge in [-0.15, -0.1) is 0 Å². The van der Waals surface area contributed by atoms with E-state index in [1.165, 1.54) is 16.7 Å². The Morgan fingerprint density at radius 2 is 1.12 bits per heavy atom. The molecule has 0 saturated carbocycles. The third-order valence-corrected chi connectivity index (χ3v) is 4.51. The average Bonchev–Trinajstić information content (AvgIpc) is 2.55. The molecule has 0 spiro atoms. The first kappa shape index (κ1) is 18.5. The molecule has 0 saturated heterocycles. The van der Waals surface area contributed by atoms with Crippen molar-refractivity contribution in [3.63, 3.8) is 0 Å². The first-order chi connectivity index (χ1) is 11.4. The molecule has 1 atom stereocenters. The Balaban J connectivity index is 1.93. The maximum Gasteiger partial charge on any atom is 0.171 e. The maximum absolute atomic E-state index is 5.44. The van der Waals surface area contributed by atoms with E-state index >= 15 is 0 Å². The highest BCUT2D eigenvalue weighted by Crippen LogP contribution is 2.19. The van der Waals surface area contributed by atoms with E-state index in [1.54, 1.807) is 0 Å². The summed E-state index contributed by atoms with van der Waals surface area (Å²) >= 11 is 5.44. The van der Waals surface area contributed by atoms with Crippen LogP contribution in [0.3, 0.4) is 0 Å². The molecule has 2 N–H and O–H groups in total. The van der Waals surface area contributed by atoms with Crippen LogP contribution in [0.25, 0.3) is 0 Å². The van der Waals surface area contributed by atoms with Gasteiger partial charge in [-0.25, -0.2) is 0 Å². The fourth-order valence-electron chi connectivity index (χ4n) is 2.57. The van der Waals surface area contributed by atoms with E-state index < -0.39 is 0 Å². The van der Waals surface area contributed by atoms with E-state index in [-0.39, 0.29) is 6.04 Å². The van der Waals surface area contributed by atoms with Gasteiger partial charge in [0.25, 0.3) is 0 Å². The fraction of sp³-hybridized carbons (Fsp3) is 0.381. The molecule has 0 fully saturated rings. The average molecular weight is 341 g/mol. The van der Waals surface area contributed by atoms with E-state index in [0.717, 1.165) is 5.69 Å². The summed E-state index contributed by atoms with van der Waals surface area (Å²) in [7, 11) is 0. The summed E-state index contributed by atoms with van der Waals surface area (Å²) in [6.07, 6.45) is 0. The molecule has 0 bridgehead atoms. The van der Waals surface area contributed by atoms with Crippen LogP contribution in [0.15, 0.2) is 48.5 Å². The zero-order chi connectivity index (χ0) is 17.7. The van der Waals surface area contributed by atoms with Crippen molar-refractivity contribution in [2.24, 2.45) is 0 Å². The molecule has 0 aliphatic carbocycles. The third kappa shape index (κ3) is 5.07. The smallest absolute Gasteiger partial charge is 0.171 e. The van der Waals surface area contributed by atoms with Gasteiger partial charge in [-0.3, -0.25) is 0 Å². The molecule has 24 heavy (non-hydrogen) atoms. The lowest BCUT2D eigenvalue weighted by molar-refractivity contribution is 0.721. The van der Waals surface area contributed by atoms with Gasteiger partial charge in [-0.1, -0.05) is 64.1 Å². The van der Waals surface area contributed by atoms with Crippen LogP contribution in [0.4, 0.5) is 5.69 Å². The van der Waals surface area contributed by atoms with Gasteiger partial charge < -0.3 is 10.6 Å². The van der Waals surface area contributed by atoms with Crippen LogP contribution in [0, 0.1) is 0 Å². The molecule has 0 amide bonds. The zero-order valence-corrected chi connectivity index (χ0v) is 16.1. The Bertz CT molecular complexity index is 657. The molecule has 0 heterocycles. The van der Waals surface area contributed by atoms with Crippen LogP contribution in [0.5, 0.6) is 0 Å². The van der Waals surface area contributed by atoms with E-state index in [2.05, 4.69) is 93.8 Å². The molecular weight excluding hydrogens is 312 g/mol. The maximum atomic E-state index is 5.44. The van der Waals surface area contributed by atoms with Crippen molar-refractivity contribution in [2.75, 3.05) is 5.32 Å². The van der Waals surface area contributed by atoms with Crippen molar-refractivity contribution in [3.8, 4) is 0 Å². The molecule has 0 aromatic heterocycles. The number of rotatable bonds is 5. The minimum Gasteiger partial charge on any atom is -0.356 e. The summed E-state index contributed by atoms with van der Waals surface area (Å²) in [5.41, 5.74) is 4.94. The van der Waals surface area contributed by atoms with Gasteiger partial charge in [0, 0.05) is 5.69 Å². The highest BCUT2D eigenvalue weighted by atomic mass is 32.1. The van der Waals surface area contributed by atoms with Gasteiger partial charge in [-0.2, -0.15) is 0 Å². The topological polar surface area (TPSA) is 24.1 Å².